The molecule has 2 rings (SSSR count). The van der Waals surface area contributed by atoms with E-state index in [-0.39, 0.29) is 18.7 Å². The Bertz CT molecular complexity index is 323. The van der Waals surface area contributed by atoms with Crippen LogP contribution in [0.3, 0.4) is 0 Å². The van der Waals surface area contributed by atoms with Crippen LogP contribution in [-0.2, 0) is 0 Å². The number of ether oxygens (including phenoxy) is 1. The average Bonchev–Trinajstić information content (AvgIpc) is 2.33. The third-order valence-electron chi connectivity index (χ3n) is 2.92. The van der Waals surface area contributed by atoms with Gasteiger partial charge in [-0.1, -0.05) is 0 Å². The highest BCUT2D eigenvalue weighted by Crippen LogP contribution is 2.25. The minimum Gasteiger partial charge on any atom is -0.460 e. The summed E-state index contributed by atoms with van der Waals surface area (Å²) in [6.45, 7) is 0.250. The fraction of sp³-hybridized carbons (Fsp3) is 0.636. The summed E-state index contributed by atoms with van der Waals surface area (Å²) in [5.74, 6) is -0.0645. The molecule has 16 heavy (non-hydrogen) atoms. The van der Waals surface area contributed by atoms with Crippen LogP contribution in [-0.4, -0.2) is 27.8 Å². The number of aromatic nitrogens is 2. The zero-order valence-corrected chi connectivity index (χ0v) is 8.97. The minimum absolute atomic E-state index is 0.0910. The zero-order chi connectivity index (χ0) is 11.4. The van der Waals surface area contributed by atoms with E-state index in [9.17, 15) is 4.39 Å². The van der Waals surface area contributed by atoms with E-state index >= 15 is 0 Å². The molecule has 1 aliphatic carbocycles. The van der Waals surface area contributed by atoms with Gasteiger partial charge in [0.1, 0.15) is 6.10 Å². The highest BCUT2D eigenvalue weighted by Gasteiger charge is 2.22. The van der Waals surface area contributed by atoms with Gasteiger partial charge in [0.15, 0.2) is 5.82 Å². The van der Waals surface area contributed by atoms with Gasteiger partial charge in [-0.05, 0) is 31.6 Å². The minimum atomic E-state index is -0.462. The molecule has 88 valence electrons. The van der Waals surface area contributed by atoms with Crippen molar-refractivity contribution in [2.45, 2.75) is 31.8 Å². The summed E-state index contributed by atoms with van der Waals surface area (Å²) in [4.78, 5) is 7.51. The summed E-state index contributed by atoms with van der Waals surface area (Å²) >= 11 is 0. The lowest BCUT2D eigenvalue weighted by atomic mass is 9.88. The van der Waals surface area contributed by atoms with Gasteiger partial charge >= 0.3 is 6.01 Å². The second-order valence-electron chi connectivity index (χ2n) is 4.13. The summed E-state index contributed by atoms with van der Waals surface area (Å²) in [7, 11) is 0. The van der Waals surface area contributed by atoms with Crippen LogP contribution in [0.4, 0.5) is 4.39 Å². The van der Waals surface area contributed by atoms with Gasteiger partial charge in [0.2, 0.25) is 0 Å². The van der Waals surface area contributed by atoms with E-state index in [1.165, 1.54) is 0 Å². The third-order valence-corrected chi connectivity index (χ3v) is 2.92. The number of rotatable bonds is 3. The number of aliphatic hydroxyl groups is 1. The quantitative estimate of drug-likeness (QED) is 0.849. The molecule has 0 saturated heterocycles. The molecule has 5 heteroatoms. The lowest BCUT2D eigenvalue weighted by Gasteiger charge is -2.26. The first-order valence-corrected chi connectivity index (χ1v) is 5.53. The van der Waals surface area contributed by atoms with Crippen LogP contribution in [0.2, 0.25) is 0 Å². The van der Waals surface area contributed by atoms with E-state index in [2.05, 4.69) is 9.97 Å². The Morgan fingerprint density at radius 1 is 1.25 bits per heavy atom. The van der Waals surface area contributed by atoms with Gasteiger partial charge in [-0.25, -0.2) is 14.4 Å². The molecule has 1 aliphatic rings. The van der Waals surface area contributed by atoms with Crippen molar-refractivity contribution < 1.29 is 14.2 Å². The van der Waals surface area contributed by atoms with Crippen molar-refractivity contribution in [2.75, 3.05) is 6.61 Å². The summed E-state index contributed by atoms with van der Waals surface area (Å²) in [6.07, 6.45) is 6.00. The van der Waals surface area contributed by atoms with Gasteiger partial charge < -0.3 is 9.84 Å². The zero-order valence-electron chi connectivity index (χ0n) is 8.97. The maximum atomic E-state index is 12.6. The number of nitrogens with zero attached hydrogens (tertiary/aromatic N) is 2. The second-order valence-corrected chi connectivity index (χ2v) is 4.13. The summed E-state index contributed by atoms with van der Waals surface area (Å²) in [5.41, 5.74) is 0. The van der Waals surface area contributed by atoms with Crippen LogP contribution < -0.4 is 4.74 Å². The van der Waals surface area contributed by atoms with E-state index in [0.29, 0.717) is 5.92 Å². The number of halogens is 1. The molecule has 0 aliphatic heterocycles. The highest BCUT2D eigenvalue weighted by atomic mass is 19.1. The smallest absolute Gasteiger partial charge is 0.316 e. The molecule has 0 unspecified atom stereocenters. The SMILES string of the molecule is OCC1CCC(Oc2ncc(F)cn2)CC1. The van der Waals surface area contributed by atoms with Crippen LogP contribution in [0.5, 0.6) is 6.01 Å². The van der Waals surface area contributed by atoms with Crippen LogP contribution in [0.25, 0.3) is 0 Å². The Labute approximate surface area is 93.5 Å². The lowest BCUT2D eigenvalue weighted by Crippen LogP contribution is -2.26. The molecule has 1 fully saturated rings. The van der Waals surface area contributed by atoms with Crippen molar-refractivity contribution in [2.24, 2.45) is 5.92 Å². The van der Waals surface area contributed by atoms with E-state index in [0.717, 1.165) is 38.1 Å². The molecule has 4 nitrogen and oxygen atoms in total. The first-order chi connectivity index (χ1) is 7.78. The van der Waals surface area contributed by atoms with Crippen LogP contribution in [0.1, 0.15) is 25.7 Å². The maximum absolute atomic E-state index is 12.6. The van der Waals surface area contributed by atoms with E-state index in [4.69, 9.17) is 9.84 Å². The molecule has 0 aromatic carbocycles. The van der Waals surface area contributed by atoms with Gasteiger partial charge in [0, 0.05) is 6.61 Å². The molecular weight excluding hydrogens is 211 g/mol. The van der Waals surface area contributed by atoms with Gasteiger partial charge in [-0.3, -0.25) is 0 Å². The van der Waals surface area contributed by atoms with Crippen molar-refractivity contribution in [1.82, 2.24) is 9.97 Å². The van der Waals surface area contributed by atoms with Gasteiger partial charge in [0.25, 0.3) is 0 Å². The second kappa shape index (κ2) is 5.21. The van der Waals surface area contributed by atoms with E-state index in [1.807, 2.05) is 0 Å². The van der Waals surface area contributed by atoms with Crippen molar-refractivity contribution in [3.63, 3.8) is 0 Å². The standard InChI is InChI=1S/C11H15FN2O2/c12-9-5-13-11(14-6-9)16-10-3-1-8(7-15)2-4-10/h5-6,8,10,15H,1-4,7H2. The monoisotopic (exact) mass is 226 g/mol. The normalized spacial score (nSPS) is 25.4. The van der Waals surface area contributed by atoms with Gasteiger partial charge in [-0.2, -0.15) is 0 Å². The Morgan fingerprint density at radius 2 is 1.88 bits per heavy atom. The largest absolute Gasteiger partial charge is 0.460 e. The first kappa shape index (κ1) is 11.3. The number of aliphatic hydroxyl groups excluding tert-OH is 1. The van der Waals surface area contributed by atoms with Gasteiger partial charge in [-0.15, -0.1) is 0 Å². The Morgan fingerprint density at radius 3 is 2.44 bits per heavy atom. The van der Waals surface area contributed by atoms with Crippen molar-refractivity contribution >= 4 is 0 Å². The molecule has 0 spiro atoms. The highest BCUT2D eigenvalue weighted by molar-refractivity contribution is 4.96. The number of hydrogen-bond donors (Lipinski definition) is 1. The summed E-state index contributed by atoms with van der Waals surface area (Å²) < 4.78 is 18.1. The van der Waals surface area contributed by atoms with Crippen LogP contribution in [0, 0.1) is 11.7 Å². The molecule has 1 saturated carbocycles. The van der Waals surface area contributed by atoms with Gasteiger partial charge in [0.05, 0.1) is 12.4 Å². The van der Waals surface area contributed by atoms with Crippen molar-refractivity contribution in [1.29, 1.82) is 0 Å². The molecule has 1 N–H and O–H groups in total. The van der Waals surface area contributed by atoms with Crippen molar-refractivity contribution in [3.05, 3.63) is 18.2 Å². The fourth-order valence-electron chi connectivity index (χ4n) is 1.94. The Balaban J connectivity index is 1.84. The molecule has 0 radical (unpaired) electrons. The average molecular weight is 226 g/mol. The molecule has 1 heterocycles. The Kier molecular flexibility index (Phi) is 3.66. The van der Waals surface area contributed by atoms with E-state index < -0.39 is 5.82 Å². The third kappa shape index (κ3) is 2.88. The van der Waals surface area contributed by atoms with E-state index in [1.54, 1.807) is 0 Å². The molecule has 0 atom stereocenters. The molecule has 1 aromatic heterocycles. The predicted molar refractivity (Wildman–Crippen MR) is 55.4 cm³/mol. The molecule has 1 aromatic rings. The fourth-order valence-corrected chi connectivity index (χ4v) is 1.94. The molecular formula is C11H15FN2O2. The van der Waals surface area contributed by atoms with Crippen LogP contribution in [0.15, 0.2) is 12.4 Å². The topological polar surface area (TPSA) is 55.2 Å². The molecule has 0 bridgehead atoms. The predicted octanol–water partition coefficient (Wildman–Crippen LogP) is 1.55. The maximum Gasteiger partial charge on any atom is 0.316 e. The van der Waals surface area contributed by atoms with Crippen molar-refractivity contribution in [3.8, 4) is 6.01 Å². The summed E-state index contributed by atoms with van der Waals surface area (Å²) in [6, 6.07) is 0.230. The Hall–Kier alpha value is -1.23. The number of hydrogen-bond acceptors (Lipinski definition) is 4. The van der Waals surface area contributed by atoms with Crippen LogP contribution >= 0.6 is 0 Å². The summed E-state index contributed by atoms with van der Waals surface area (Å²) in [5, 5.41) is 8.99. The molecule has 0 amide bonds. The first-order valence-electron chi connectivity index (χ1n) is 5.53. The lowest BCUT2D eigenvalue weighted by molar-refractivity contribution is 0.0964.